The van der Waals surface area contributed by atoms with Crippen LogP contribution in [0.2, 0.25) is 0 Å². The van der Waals surface area contributed by atoms with Crippen LogP contribution >= 0.6 is 35.2 Å². The summed E-state index contributed by atoms with van der Waals surface area (Å²) in [6.45, 7) is 7.38. The number of anilines is 1. The Balaban J connectivity index is 0.780. The zero-order valence-corrected chi connectivity index (χ0v) is 46.2. The van der Waals surface area contributed by atoms with Gasteiger partial charge in [-0.25, -0.2) is 28.6 Å². The van der Waals surface area contributed by atoms with Crippen molar-refractivity contribution in [1.82, 2.24) is 30.2 Å². The largest absolute Gasteiger partial charge is 0.481 e. The van der Waals surface area contributed by atoms with Crippen LogP contribution in [0.15, 0.2) is 12.7 Å². The first-order chi connectivity index (χ1) is 35.0. The van der Waals surface area contributed by atoms with E-state index >= 15 is 0 Å². The molecule has 3 heterocycles. The summed E-state index contributed by atoms with van der Waals surface area (Å²) in [7, 11) is -16.5. The van der Waals surface area contributed by atoms with E-state index in [-0.39, 0.29) is 64.5 Å². The molecular weight excluding hydrogens is 1070 g/mol. The smallest absolute Gasteiger partial charge is 0.393 e. The van der Waals surface area contributed by atoms with E-state index in [1.165, 1.54) is 13.8 Å². The highest BCUT2D eigenvalue weighted by molar-refractivity contribution is 8.13. The molecule has 0 radical (unpaired) electrons. The van der Waals surface area contributed by atoms with Crippen molar-refractivity contribution in [1.29, 1.82) is 0 Å². The van der Waals surface area contributed by atoms with Gasteiger partial charge in [0.2, 0.25) is 11.8 Å². The van der Waals surface area contributed by atoms with Crippen LogP contribution in [0.1, 0.15) is 111 Å². The van der Waals surface area contributed by atoms with Crippen LogP contribution in [0.5, 0.6) is 0 Å². The van der Waals surface area contributed by atoms with Crippen molar-refractivity contribution in [3.63, 3.8) is 0 Å². The van der Waals surface area contributed by atoms with E-state index in [2.05, 4.69) is 55.2 Å². The second-order valence-corrected chi connectivity index (χ2v) is 27.6. The number of nitrogens with two attached hydrogens (primary N) is 1. The van der Waals surface area contributed by atoms with Crippen LogP contribution in [0.3, 0.4) is 0 Å². The maximum atomic E-state index is 13.0. The minimum absolute atomic E-state index is 0.0164. The van der Waals surface area contributed by atoms with Crippen molar-refractivity contribution in [2.24, 2.45) is 51.8 Å². The van der Waals surface area contributed by atoms with Gasteiger partial charge in [-0.15, -0.1) is 0 Å². The normalized spacial score (nSPS) is 34.3. The van der Waals surface area contributed by atoms with Crippen molar-refractivity contribution in [2.75, 3.05) is 37.8 Å². The molecular formula is C45H74N7O19P3S. The summed E-state index contributed by atoms with van der Waals surface area (Å²) in [6.07, 6.45) is 1.50. The lowest BCUT2D eigenvalue weighted by Gasteiger charge is -2.62. The molecule has 2 aromatic heterocycles. The number of fused-ring (bicyclic) bond motifs is 6. The van der Waals surface area contributed by atoms with Crippen LogP contribution in [-0.4, -0.2) is 145 Å². The topological polar surface area (TPSA) is 404 Å². The predicted octanol–water partition coefficient (Wildman–Crippen LogP) is 3.07. The number of hydrogen-bond acceptors (Lipinski definition) is 20. The number of phosphoric ester groups is 3. The fourth-order valence-electron chi connectivity index (χ4n) is 13.1. The van der Waals surface area contributed by atoms with E-state index in [1.54, 1.807) is 0 Å². The first kappa shape index (κ1) is 60.1. The minimum atomic E-state index is -5.60. The molecule has 424 valence electrons. The molecule has 4 saturated carbocycles. The quantitative estimate of drug-likeness (QED) is 0.0562. The average molecular weight is 1140 g/mol. The summed E-state index contributed by atoms with van der Waals surface area (Å²) >= 11 is 1.14. The molecule has 75 heavy (non-hydrogen) atoms. The second-order valence-electron chi connectivity index (χ2n) is 22.2. The van der Waals surface area contributed by atoms with Gasteiger partial charge in [-0.1, -0.05) is 46.4 Å². The lowest BCUT2D eigenvalue weighted by molar-refractivity contribution is -0.174. The molecule has 1 aliphatic heterocycles. The number of thioether (sulfide) groups is 1. The summed E-state index contributed by atoms with van der Waals surface area (Å²) in [4.78, 5) is 89.7. The van der Waals surface area contributed by atoms with E-state index in [1.807, 2.05) is 0 Å². The SMILES string of the molecule is C[C@H](CCC(=O)SCCNC(=O)CCNC(=O)C(O)C(C)(C)COP(=O)(O)OP(=O)(O)OC[C@H]1O[C@@H](n2cnc3c(N)ncnc32)[C@H](O)[C@@H]1OP(=O)(O)O)[C@H]1CC[C@H]2[C@@H]3CC[C@@H]4C[C@H](O)CC[C@]4(C)[C@H]3C[C@H](O)[C@]12C. The molecule has 1 saturated heterocycles. The van der Waals surface area contributed by atoms with Crippen molar-refractivity contribution >= 4 is 69.1 Å². The van der Waals surface area contributed by atoms with Crippen LogP contribution in [0.4, 0.5) is 5.82 Å². The Morgan fingerprint density at radius 1 is 0.947 bits per heavy atom. The molecule has 3 unspecified atom stereocenters. The minimum Gasteiger partial charge on any atom is -0.393 e. The molecule has 0 bridgehead atoms. The monoisotopic (exact) mass is 1140 g/mol. The number of aliphatic hydroxyl groups is 4. The van der Waals surface area contributed by atoms with E-state index in [0.717, 1.165) is 80.4 Å². The van der Waals surface area contributed by atoms with Gasteiger partial charge in [0.15, 0.2) is 22.8 Å². The molecule has 7 rings (SSSR count). The summed E-state index contributed by atoms with van der Waals surface area (Å²) in [5.41, 5.74) is 4.24. The lowest BCUT2D eigenvalue weighted by atomic mass is 9.43. The summed E-state index contributed by atoms with van der Waals surface area (Å²) in [6, 6.07) is 0. The lowest BCUT2D eigenvalue weighted by Crippen LogP contribution is -2.58. The van der Waals surface area contributed by atoms with Crippen LogP contribution < -0.4 is 16.4 Å². The fourth-order valence-corrected chi connectivity index (χ4v) is 16.6. The molecule has 0 aromatic carbocycles. The Kier molecular flexibility index (Phi) is 19.0. The highest BCUT2D eigenvalue weighted by Crippen LogP contribution is 2.68. The van der Waals surface area contributed by atoms with E-state index in [0.29, 0.717) is 48.2 Å². The first-order valence-corrected chi connectivity index (χ1v) is 30.9. The zero-order chi connectivity index (χ0) is 55.1. The third-order valence-corrected chi connectivity index (χ3v) is 21.1. The number of carbonyl (C=O) groups is 3. The van der Waals surface area contributed by atoms with Gasteiger partial charge < -0.3 is 61.1 Å². The first-order valence-electron chi connectivity index (χ1n) is 25.4. The molecule has 2 amide bonds. The standard InChI is InChI=1S/C45H74N7O19P3S/c1-24(28-9-10-29-27-8-7-25-18-26(53)12-14-44(25,4)30(27)19-32(54)45(28,29)5)6-11-34(56)75-17-16-47-33(55)13-15-48-41(59)38(58)43(2,3)21-68-74(65,66)71-73(63,64)67-20-31-37(70-72(60,61)62)36(57)42(69-31)52-23-51-35-39(46)49-22-50-40(35)52/h22-32,36-38,42,53-54,57-58H,6-21H2,1-5H3,(H,47,55)(H,48,59)(H,63,64)(H,65,66)(H2,46,49,50)(H2,60,61,62)/t24-,25-,26-,27+,28-,29+,30+,31-,32+,36-,37-,38?,42-,44+,45-/m1/s1. The van der Waals surface area contributed by atoms with E-state index < -0.39 is 90.7 Å². The molecule has 12 N–H and O–H groups in total. The second kappa shape index (κ2) is 23.7. The molecule has 0 spiro atoms. The fraction of sp³-hybridized carbons (Fsp3) is 0.822. The van der Waals surface area contributed by atoms with Crippen LogP contribution in [0.25, 0.3) is 11.2 Å². The summed E-state index contributed by atoms with van der Waals surface area (Å²) in [5.74, 6) is 1.47. The number of ether oxygens (including phenoxy) is 1. The number of aliphatic hydroxyl groups excluding tert-OH is 4. The van der Waals surface area contributed by atoms with E-state index in [4.69, 9.17) is 19.5 Å². The van der Waals surface area contributed by atoms with Gasteiger partial charge in [-0.3, -0.25) is 32.5 Å². The van der Waals surface area contributed by atoms with Gasteiger partial charge in [0.05, 0.1) is 31.7 Å². The Morgan fingerprint density at radius 2 is 1.67 bits per heavy atom. The molecule has 2 aromatic rings. The number of imidazole rings is 1. The molecule has 17 atom stereocenters. The number of phosphoric acid groups is 3. The Labute approximate surface area is 438 Å². The van der Waals surface area contributed by atoms with Crippen LogP contribution in [-0.2, 0) is 50.7 Å². The third-order valence-electron chi connectivity index (χ3n) is 17.1. The third kappa shape index (κ3) is 13.7. The van der Waals surface area contributed by atoms with Gasteiger partial charge in [0, 0.05) is 37.1 Å². The number of amides is 2. The van der Waals surface area contributed by atoms with Crippen molar-refractivity contribution in [2.45, 2.75) is 148 Å². The number of nitrogens with one attached hydrogen (secondary N) is 2. The summed E-state index contributed by atoms with van der Waals surface area (Å²) < 4.78 is 62.7. The number of hydrogen-bond donors (Lipinski definition) is 11. The van der Waals surface area contributed by atoms with Gasteiger partial charge in [0.1, 0.15) is 36.3 Å². The maximum Gasteiger partial charge on any atom is 0.481 e. The van der Waals surface area contributed by atoms with Gasteiger partial charge in [-0.2, -0.15) is 4.31 Å². The van der Waals surface area contributed by atoms with Gasteiger partial charge in [-0.05, 0) is 104 Å². The number of carbonyl (C=O) groups excluding carboxylic acids is 3. The maximum absolute atomic E-state index is 13.0. The average Bonchev–Trinajstić information content (AvgIpc) is 4.01. The number of rotatable bonds is 23. The zero-order valence-electron chi connectivity index (χ0n) is 42.7. The Bertz CT molecular complexity index is 2530. The molecule has 26 nitrogen and oxygen atoms in total. The molecule has 30 heteroatoms. The number of aromatic nitrogens is 4. The molecule has 4 aliphatic carbocycles. The van der Waals surface area contributed by atoms with Gasteiger partial charge >= 0.3 is 23.5 Å². The Morgan fingerprint density at radius 3 is 2.39 bits per heavy atom. The number of nitrogen functional groups attached to an aromatic ring is 1. The van der Waals surface area contributed by atoms with E-state index in [9.17, 15) is 68.1 Å². The van der Waals surface area contributed by atoms with Crippen molar-refractivity contribution in [3.8, 4) is 0 Å². The van der Waals surface area contributed by atoms with Crippen molar-refractivity contribution < 1.29 is 90.7 Å². The predicted molar refractivity (Wildman–Crippen MR) is 268 cm³/mol. The Hall–Kier alpha value is -2.52. The highest BCUT2D eigenvalue weighted by atomic mass is 32.2. The van der Waals surface area contributed by atoms with Gasteiger partial charge in [0.25, 0.3) is 0 Å². The molecule has 5 fully saturated rings. The van der Waals surface area contributed by atoms with Crippen LogP contribution in [0, 0.1) is 51.8 Å². The van der Waals surface area contributed by atoms with Crippen molar-refractivity contribution in [3.05, 3.63) is 12.7 Å². The summed E-state index contributed by atoms with van der Waals surface area (Å²) in [5, 5.41) is 49.1. The molecule has 5 aliphatic rings. The highest BCUT2D eigenvalue weighted by Gasteiger charge is 2.64. The number of nitrogens with zero attached hydrogens (tertiary/aromatic N) is 4.